The lowest BCUT2D eigenvalue weighted by Crippen LogP contribution is -2.24. The molecule has 0 unspecified atom stereocenters. The van der Waals surface area contributed by atoms with Crippen LogP contribution in [-0.2, 0) is 5.41 Å². The Bertz CT molecular complexity index is 1030. The molecule has 0 aliphatic heterocycles. The van der Waals surface area contributed by atoms with Crippen LogP contribution in [0, 0.1) is 5.92 Å². The highest BCUT2D eigenvalue weighted by Crippen LogP contribution is 2.38. The molecule has 0 amide bonds. The number of hydrogen-bond donors (Lipinski definition) is 0. The molecule has 0 aliphatic carbocycles. The maximum absolute atomic E-state index is 4.90. The van der Waals surface area contributed by atoms with Crippen LogP contribution in [0.5, 0.6) is 0 Å². The van der Waals surface area contributed by atoms with E-state index in [0.717, 1.165) is 16.7 Å². The van der Waals surface area contributed by atoms with E-state index in [-0.39, 0.29) is 5.41 Å². The minimum atomic E-state index is 0.0811. The topological polar surface area (TPSA) is 30.2 Å². The van der Waals surface area contributed by atoms with E-state index in [2.05, 4.69) is 67.5 Å². The van der Waals surface area contributed by atoms with Gasteiger partial charge in [0.2, 0.25) is 0 Å². The van der Waals surface area contributed by atoms with E-state index in [1.54, 1.807) is 6.20 Å². The number of rotatable bonds is 2. The fourth-order valence-electron chi connectivity index (χ4n) is 3.23. The zero-order chi connectivity index (χ0) is 16.2. The number of nitrogens with zero attached hydrogens (tertiary/aromatic N) is 3. The lowest BCUT2D eigenvalue weighted by atomic mass is 9.73. The van der Waals surface area contributed by atoms with Crippen molar-refractivity contribution in [2.75, 3.05) is 0 Å². The molecule has 0 fully saturated rings. The van der Waals surface area contributed by atoms with Crippen molar-refractivity contribution in [1.82, 2.24) is 14.4 Å². The molecule has 23 heavy (non-hydrogen) atoms. The van der Waals surface area contributed by atoms with E-state index in [0.29, 0.717) is 5.92 Å². The number of pyridine rings is 2. The lowest BCUT2D eigenvalue weighted by molar-refractivity contribution is 0.375. The molecule has 0 saturated carbocycles. The van der Waals surface area contributed by atoms with Crippen LogP contribution < -0.4 is 0 Å². The molecule has 0 bridgehead atoms. The van der Waals surface area contributed by atoms with Gasteiger partial charge in [-0.15, -0.1) is 0 Å². The first-order chi connectivity index (χ1) is 11.0. The average Bonchev–Trinajstić information content (AvgIpc) is 2.93. The van der Waals surface area contributed by atoms with Gasteiger partial charge in [-0.25, -0.2) is 4.98 Å². The van der Waals surface area contributed by atoms with E-state index < -0.39 is 0 Å². The van der Waals surface area contributed by atoms with Crippen molar-refractivity contribution in [1.29, 1.82) is 0 Å². The predicted octanol–water partition coefficient (Wildman–Crippen LogP) is 4.97. The average molecular weight is 303 g/mol. The fourth-order valence-corrected chi connectivity index (χ4v) is 3.23. The molecule has 3 heteroatoms. The van der Waals surface area contributed by atoms with Gasteiger partial charge < -0.3 is 0 Å². The third-order valence-electron chi connectivity index (χ3n) is 5.35. The summed E-state index contributed by atoms with van der Waals surface area (Å²) < 4.78 is 2.16. The van der Waals surface area contributed by atoms with Crippen LogP contribution >= 0.6 is 0 Å². The summed E-state index contributed by atoms with van der Waals surface area (Å²) in [6, 6.07) is 10.7. The fraction of sp³-hybridized carbons (Fsp3) is 0.300. The summed E-state index contributed by atoms with van der Waals surface area (Å²) in [5.41, 5.74) is 4.51. The lowest BCUT2D eigenvalue weighted by Gasteiger charge is -2.31. The van der Waals surface area contributed by atoms with Gasteiger partial charge >= 0.3 is 0 Å². The molecule has 1 aromatic carbocycles. The maximum atomic E-state index is 4.90. The maximum Gasteiger partial charge on any atom is 0.146 e. The van der Waals surface area contributed by atoms with Crippen molar-refractivity contribution in [2.45, 2.75) is 33.1 Å². The molecule has 0 radical (unpaired) electrons. The van der Waals surface area contributed by atoms with Crippen molar-refractivity contribution in [3.8, 4) is 0 Å². The summed E-state index contributed by atoms with van der Waals surface area (Å²) in [5.74, 6) is 0.541. The summed E-state index contributed by atoms with van der Waals surface area (Å²) in [5, 5.41) is 2.50. The molecule has 3 aromatic heterocycles. The van der Waals surface area contributed by atoms with Gasteiger partial charge in [0.15, 0.2) is 0 Å². The van der Waals surface area contributed by atoms with Gasteiger partial charge in [0.1, 0.15) is 5.65 Å². The van der Waals surface area contributed by atoms with Gasteiger partial charge in [-0.05, 0) is 34.4 Å². The molecular weight excluding hydrogens is 282 g/mol. The summed E-state index contributed by atoms with van der Waals surface area (Å²) in [6.45, 7) is 9.20. The zero-order valence-corrected chi connectivity index (χ0v) is 14.0. The minimum Gasteiger partial charge on any atom is -0.298 e. The second-order valence-electron chi connectivity index (χ2n) is 7.13. The molecule has 0 N–H and O–H groups in total. The van der Waals surface area contributed by atoms with Gasteiger partial charge in [-0.3, -0.25) is 9.38 Å². The van der Waals surface area contributed by atoms with E-state index in [9.17, 15) is 0 Å². The van der Waals surface area contributed by atoms with Gasteiger partial charge in [0.05, 0.1) is 17.2 Å². The largest absolute Gasteiger partial charge is 0.298 e. The number of benzene rings is 1. The molecule has 3 nitrogen and oxygen atoms in total. The standard InChI is InChI=1S/C20H21N3/c1-13(2)20(3,4)15-7-5-6-14-9-11-23-17-12-21-10-8-16(17)22-19(23)18(14)15/h5-13H,1-4H3. The third-order valence-corrected chi connectivity index (χ3v) is 5.35. The van der Waals surface area contributed by atoms with Gasteiger partial charge in [0, 0.05) is 17.8 Å². The second kappa shape index (κ2) is 4.79. The molecular formula is C20H21N3. The van der Waals surface area contributed by atoms with Crippen LogP contribution in [0.1, 0.15) is 33.3 Å². The quantitative estimate of drug-likeness (QED) is 0.523. The Morgan fingerprint density at radius 2 is 1.91 bits per heavy atom. The summed E-state index contributed by atoms with van der Waals surface area (Å²) in [4.78, 5) is 9.15. The first kappa shape index (κ1) is 14.2. The number of hydrogen-bond acceptors (Lipinski definition) is 2. The number of aromatic nitrogens is 3. The first-order valence-electron chi connectivity index (χ1n) is 8.14. The molecule has 0 aliphatic rings. The molecule has 4 aromatic rings. The number of imidazole rings is 1. The Balaban J connectivity index is 2.20. The van der Waals surface area contributed by atoms with Crippen LogP contribution in [0.3, 0.4) is 0 Å². The molecule has 0 atom stereocenters. The Hall–Kier alpha value is -2.42. The van der Waals surface area contributed by atoms with E-state index >= 15 is 0 Å². The number of fused-ring (bicyclic) bond motifs is 5. The molecule has 3 heterocycles. The molecule has 0 spiro atoms. The molecule has 4 rings (SSSR count). The molecule has 116 valence electrons. The van der Waals surface area contributed by atoms with E-state index in [1.807, 2.05) is 12.3 Å². The highest BCUT2D eigenvalue weighted by atomic mass is 15.0. The Morgan fingerprint density at radius 3 is 2.70 bits per heavy atom. The smallest absolute Gasteiger partial charge is 0.146 e. The van der Waals surface area contributed by atoms with Gasteiger partial charge in [-0.1, -0.05) is 45.9 Å². The van der Waals surface area contributed by atoms with Gasteiger partial charge in [0.25, 0.3) is 0 Å². The summed E-state index contributed by atoms with van der Waals surface area (Å²) in [7, 11) is 0. The van der Waals surface area contributed by atoms with E-state index in [4.69, 9.17) is 4.98 Å². The summed E-state index contributed by atoms with van der Waals surface area (Å²) in [6.07, 6.45) is 5.79. The third kappa shape index (κ3) is 1.96. The summed E-state index contributed by atoms with van der Waals surface area (Å²) >= 11 is 0. The molecule has 0 saturated heterocycles. The predicted molar refractivity (Wildman–Crippen MR) is 95.9 cm³/mol. The van der Waals surface area contributed by atoms with Crippen LogP contribution in [0.2, 0.25) is 0 Å². The SMILES string of the molecule is CC(C)C(C)(C)c1cccc2ccn3c4cnccc4nc3c12. The van der Waals surface area contributed by atoms with Crippen molar-refractivity contribution >= 4 is 27.5 Å². The van der Waals surface area contributed by atoms with E-state index in [1.165, 1.54) is 16.3 Å². The highest BCUT2D eigenvalue weighted by molar-refractivity contribution is 6.00. The van der Waals surface area contributed by atoms with Crippen molar-refractivity contribution < 1.29 is 0 Å². The van der Waals surface area contributed by atoms with Crippen molar-refractivity contribution in [2.24, 2.45) is 5.92 Å². The Kier molecular flexibility index (Phi) is 2.95. The van der Waals surface area contributed by atoms with Gasteiger partial charge in [-0.2, -0.15) is 0 Å². The Labute approximate surface area is 136 Å². The van der Waals surface area contributed by atoms with Crippen LogP contribution in [-0.4, -0.2) is 14.4 Å². The van der Waals surface area contributed by atoms with Crippen LogP contribution in [0.25, 0.3) is 27.5 Å². The monoisotopic (exact) mass is 303 g/mol. The van der Waals surface area contributed by atoms with Crippen LogP contribution in [0.15, 0.2) is 48.9 Å². The normalized spacial score (nSPS) is 12.7. The first-order valence-corrected chi connectivity index (χ1v) is 8.14. The van der Waals surface area contributed by atoms with Crippen molar-refractivity contribution in [3.05, 3.63) is 54.5 Å². The highest BCUT2D eigenvalue weighted by Gasteiger charge is 2.27. The van der Waals surface area contributed by atoms with Crippen LogP contribution in [0.4, 0.5) is 0 Å². The van der Waals surface area contributed by atoms with Crippen molar-refractivity contribution in [3.63, 3.8) is 0 Å². The Morgan fingerprint density at radius 1 is 1.09 bits per heavy atom. The second-order valence-corrected chi connectivity index (χ2v) is 7.13. The minimum absolute atomic E-state index is 0.0811. The zero-order valence-electron chi connectivity index (χ0n) is 14.0.